The van der Waals surface area contributed by atoms with E-state index in [2.05, 4.69) is 15.9 Å². The molecule has 0 saturated heterocycles. The zero-order valence-corrected chi connectivity index (χ0v) is 13.1. The molecule has 0 bridgehead atoms. The Balaban J connectivity index is 2.29. The first kappa shape index (κ1) is 15.5. The summed E-state index contributed by atoms with van der Waals surface area (Å²) in [6.45, 7) is 0.392. The van der Waals surface area contributed by atoms with E-state index in [1.165, 1.54) is 12.1 Å². The number of nitro groups is 1. The lowest BCUT2D eigenvalue weighted by atomic mass is 10.1. The van der Waals surface area contributed by atoms with Crippen LogP contribution in [0.25, 0.3) is 0 Å². The largest absolute Gasteiger partial charge is 0.392 e. The number of halogens is 1. The minimum atomic E-state index is -0.462. The highest BCUT2D eigenvalue weighted by Gasteiger charge is 2.13. The highest BCUT2D eigenvalue weighted by molar-refractivity contribution is 9.10. The smallest absolute Gasteiger partial charge is 0.269 e. The fraction of sp³-hybridized carbons (Fsp3) is 0.200. The molecule has 0 aromatic heterocycles. The molecule has 0 atom stereocenters. The molecule has 0 unspecified atom stereocenters. The summed E-state index contributed by atoms with van der Waals surface area (Å²) in [6.07, 6.45) is 0. The van der Waals surface area contributed by atoms with Crippen LogP contribution < -0.4 is 4.90 Å². The summed E-state index contributed by atoms with van der Waals surface area (Å²) in [5.74, 6) is 0. The summed E-state index contributed by atoms with van der Waals surface area (Å²) < 4.78 is 1.00. The van der Waals surface area contributed by atoms with Gasteiger partial charge in [-0.2, -0.15) is 0 Å². The Morgan fingerprint density at radius 1 is 1.24 bits per heavy atom. The minimum Gasteiger partial charge on any atom is -0.392 e. The number of hydrogen-bond acceptors (Lipinski definition) is 4. The van der Waals surface area contributed by atoms with Crippen LogP contribution in [0, 0.1) is 10.1 Å². The number of rotatable bonds is 5. The van der Waals surface area contributed by atoms with Crippen molar-refractivity contribution in [3.05, 3.63) is 68.2 Å². The number of anilines is 1. The highest BCUT2D eigenvalue weighted by Crippen LogP contribution is 2.27. The summed E-state index contributed by atoms with van der Waals surface area (Å²) in [4.78, 5) is 12.3. The van der Waals surface area contributed by atoms with Crippen LogP contribution in [0.15, 0.2) is 46.9 Å². The molecule has 0 aliphatic carbocycles. The fourth-order valence-corrected chi connectivity index (χ4v) is 2.56. The normalized spacial score (nSPS) is 10.4. The second-order valence-corrected chi connectivity index (χ2v) is 5.53. The lowest BCUT2D eigenvalue weighted by Crippen LogP contribution is -2.18. The molecule has 6 heteroatoms. The zero-order valence-electron chi connectivity index (χ0n) is 11.5. The van der Waals surface area contributed by atoms with Gasteiger partial charge in [-0.05, 0) is 17.7 Å². The molecule has 0 heterocycles. The van der Waals surface area contributed by atoms with Crippen LogP contribution in [0.4, 0.5) is 11.4 Å². The molecule has 0 spiro atoms. The van der Waals surface area contributed by atoms with Crippen molar-refractivity contribution >= 4 is 27.3 Å². The van der Waals surface area contributed by atoms with Gasteiger partial charge in [0, 0.05) is 41.4 Å². The van der Waals surface area contributed by atoms with Crippen molar-refractivity contribution in [2.75, 3.05) is 11.9 Å². The fourth-order valence-electron chi connectivity index (χ4n) is 2.15. The van der Waals surface area contributed by atoms with E-state index in [0.29, 0.717) is 12.1 Å². The molecule has 2 aromatic rings. The van der Waals surface area contributed by atoms with E-state index in [4.69, 9.17) is 0 Å². The van der Waals surface area contributed by atoms with Gasteiger partial charge in [-0.15, -0.1) is 0 Å². The number of aliphatic hydroxyl groups excluding tert-OH is 1. The van der Waals surface area contributed by atoms with Gasteiger partial charge in [-0.25, -0.2) is 0 Å². The summed E-state index contributed by atoms with van der Waals surface area (Å²) in [7, 11) is 1.89. The van der Waals surface area contributed by atoms with Crippen molar-refractivity contribution in [3.63, 3.8) is 0 Å². The Hall–Kier alpha value is -1.92. The molecular formula is C15H15BrN2O3. The molecule has 110 valence electrons. The third-order valence-corrected chi connectivity index (χ3v) is 3.99. The average Bonchev–Trinajstić information content (AvgIpc) is 2.48. The first-order chi connectivity index (χ1) is 10.0. The van der Waals surface area contributed by atoms with Crippen molar-refractivity contribution < 1.29 is 10.0 Å². The third kappa shape index (κ3) is 3.59. The number of hydrogen-bond donors (Lipinski definition) is 1. The van der Waals surface area contributed by atoms with Gasteiger partial charge in [0.1, 0.15) is 0 Å². The summed E-state index contributed by atoms with van der Waals surface area (Å²) in [6, 6.07) is 12.4. The van der Waals surface area contributed by atoms with E-state index in [-0.39, 0.29) is 12.3 Å². The number of benzene rings is 2. The Morgan fingerprint density at radius 2 is 1.95 bits per heavy atom. The molecule has 0 aliphatic heterocycles. The molecule has 0 fully saturated rings. The summed E-state index contributed by atoms with van der Waals surface area (Å²) in [5, 5.41) is 20.2. The Bertz CT molecular complexity index is 661. The zero-order chi connectivity index (χ0) is 15.4. The molecule has 1 N–H and O–H groups in total. The first-order valence-electron chi connectivity index (χ1n) is 6.35. The molecule has 0 aliphatic rings. The van der Waals surface area contributed by atoms with Crippen LogP contribution in [-0.4, -0.2) is 17.1 Å². The quantitative estimate of drug-likeness (QED) is 0.662. The molecule has 21 heavy (non-hydrogen) atoms. The van der Waals surface area contributed by atoms with Crippen molar-refractivity contribution in [2.24, 2.45) is 0 Å². The van der Waals surface area contributed by atoms with Crippen LogP contribution in [0.3, 0.4) is 0 Å². The van der Waals surface area contributed by atoms with Crippen molar-refractivity contribution in [1.29, 1.82) is 0 Å². The van der Waals surface area contributed by atoms with Crippen molar-refractivity contribution in [3.8, 4) is 0 Å². The monoisotopic (exact) mass is 350 g/mol. The standard InChI is InChI=1S/C15H15BrN2O3/c1-17(9-11-4-2-3-5-14(11)16)15-7-6-13(18(20)21)8-12(15)10-19/h2-8,19H,9-10H2,1H3. The maximum atomic E-state index is 10.8. The lowest BCUT2D eigenvalue weighted by molar-refractivity contribution is -0.384. The Kier molecular flexibility index (Phi) is 4.93. The summed E-state index contributed by atoms with van der Waals surface area (Å²) >= 11 is 3.50. The third-order valence-electron chi connectivity index (χ3n) is 3.22. The van der Waals surface area contributed by atoms with E-state index in [9.17, 15) is 15.2 Å². The molecule has 0 radical (unpaired) electrons. The van der Waals surface area contributed by atoms with Crippen molar-refractivity contribution in [2.45, 2.75) is 13.2 Å². The number of non-ortho nitro benzene ring substituents is 1. The van der Waals surface area contributed by atoms with Gasteiger partial charge >= 0.3 is 0 Å². The minimum absolute atomic E-state index is 0.0166. The summed E-state index contributed by atoms with van der Waals surface area (Å²) in [5.41, 5.74) is 2.40. The predicted molar refractivity (Wildman–Crippen MR) is 85.3 cm³/mol. The van der Waals surface area contributed by atoms with Crippen molar-refractivity contribution in [1.82, 2.24) is 0 Å². The van der Waals surface area contributed by atoms with Crippen LogP contribution in [0.1, 0.15) is 11.1 Å². The van der Waals surface area contributed by atoms with Crippen LogP contribution in [0.2, 0.25) is 0 Å². The number of aliphatic hydroxyl groups is 1. The maximum Gasteiger partial charge on any atom is 0.269 e. The molecular weight excluding hydrogens is 336 g/mol. The average molecular weight is 351 g/mol. The predicted octanol–water partition coefficient (Wildman–Crippen LogP) is 3.49. The lowest BCUT2D eigenvalue weighted by Gasteiger charge is -2.22. The highest BCUT2D eigenvalue weighted by atomic mass is 79.9. The van der Waals surface area contributed by atoms with Gasteiger partial charge in [-0.3, -0.25) is 10.1 Å². The van der Waals surface area contributed by atoms with Gasteiger partial charge in [0.05, 0.1) is 11.5 Å². The second-order valence-electron chi connectivity index (χ2n) is 4.68. The van der Waals surface area contributed by atoms with Crippen LogP contribution in [0.5, 0.6) is 0 Å². The van der Waals surface area contributed by atoms with Gasteiger partial charge in [-0.1, -0.05) is 34.1 Å². The van der Waals surface area contributed by atoms with Gasteiger partial charge in [0.15, 0.2) is 0 Å². The molecule has 2 aromatic carbocycles. The SMILES string of the molecule is CN(Cc1ccccc1Br)c1ccc([N+](=O)[O-])cc1CO. The maximum absolute atomic E-state index is 10.8. The Morgan fingerprint density at radius 3 is 2.57 bits per heavy atom. The van der Waals surface area contributed by atoms with E-state index in [1.54, 1.807) is 6.07 Å². The van der Waals surface area contributed by atoms with Gasteiger partial charge < -0.3 is 10.0 Å². The number of nitrogens with zero attached hydrogens (tertiary/aromatic N) is 2. The van der Waals surface area contributed by atoms with Gasteiger partial charge in [0.25, 0.3) is 5.69 Å². The number of nitro benzene ring substituents is 1. The molecule has 5 nitrogen and oxygen atoms in total. The molecule has 0 saturated carbocycles. The second kappa shape index (κ2) is 6.69. The van der Waals surface area contributed by atoms with E-state index >= 15 is 0 Å². The van der Waals surface area contributed by atoms with Crippen LogP contribution in [-0.2, 0) is 13.2 Å². The molecule has 0 amide bonds. The van der Waals surface area contributed by atoms with E-state index in [1.807, 2.05) is 36.2 Å². The Labute approximate surface area is 131 Å². The van der Waals surface area contributed by atoms with E-state index < -0.39 is 4.92 Å². The molecule has 2 rings (SSSR count). The van der Waals surface area contributed by atoms with Crippen LogP contribution >= 0.6 is 15.9 Å². The van der Waals surface area contributed by atoms with E-state index in [0.717, 1.165) is 15.7 Å². The topological polar surface area (TPSA) is 66.6 Å². The first-order valence-corrected chi connectivity index (χ1v) is 7.15. The van der Waals surface area contributed by atoms with Gasteiger partial charge in [0.2, 0.25) is 0 Å².